The second-order valence-electron chi connectivity index (χ2n) is 4.34. The quantitative estimate of drug-likeness (QED) is 0.872. The SMILES string of the molecule is CNC(=O)c1cc(C(N)=O)cc(Cc2ccccc2)n1. The van der Waals surface area contributed by atoms with Crippen LogP contribution in [-0.2, 0) is 6.42 Å². The van der Waals surface area contributed by atoms with Crippen LogP contribution in [0.2, 0.25) is 0 Å². The molecule has 0 spiro atoms. The number of hydrogen-bond donors (Lipinski definition) is 2. The molecule has 0 radical (unpaired) electrons. The third-order valence-corrected chi connectivity index (χ3v) is 2.85. The number of rotatable bonds is 4. The minimum Gasteiger partial charge on any atom is -0.366 e. The van der Waals surface area contributed by atoms with Crippen molar-refractivity contribution in [3.63, 3.8) is 0 Å². The van der Waals surface area contributed by atoms with Gasteiger partial charge < -0.3 is 11.1 Å². The van der Waals surface area contributed by atoms with E-state index in [4.69, 9.17) is 5.73 Å². The second-order valence-corrected chi connectivity index (χ2v) is 4.34. The maximum absolute atomic E-state index is 11.7. The molecule has 0 unspecified atom stereocenters. The van der Waals surface area contributed by atoms with E-state index in [9.17, 15) is 9.59 Å². The molecule has 1 aromatic heterocycles. The van der Waals surface area contributed by atoms with Crippen molar-refractivity contribution in [3.8, 4) is 0 Å². The van der Waals surface area contributed by atoms with Gasteiger partial charge in [-0.1, -0.05) is 30.3 Å². The van der Waals surface area contributed by atoms with Gasteiger partial charge in [-0.15, -0.1) is 0 Å². The molecular weight excluding hydrogens is 254 g/mol. The van der Waals surface area contributed by atoms with E-state index < -0.39 is 5.91 Å². The summed E-state index contributed by atoms with van der Waals surface area (Å²) in [4.78, 5) is 27.3. The summed E-state index contributed by atoms with van der Waals surface area (Å²) in [6, 6.07) is 12.7. The summed E-state index contributed by atoms with van der Waals surface area (Å²) in [6.45, 7) is 0. The largest absolute Gasteiger partial charge is 0.366 e. The fraction of sp³-hybridized carbons (Fsp3) is 0.133. The topological polar surface area (TPSA) is 85.1 Å². The molecule has 1 heterocycles. The van der Waals surface area contributed by atoms with Gasteiger partial charge in [-0.05, 0) is 17.7 Å². The molecule has 0 aliphatic rings. The van der Waals surface area contributed by atoms with E-state index in [1.165, 1.54) is 13.1 Å². The molecule has 20 heavy (non-hydrogen) atoms. The second kappa shape index (κ2) is 5.97. The highest BCUT2D eigenvalue weighted by atomic mass is 16.2. The summed E-state index contributed by atoms with van der Waals surface area (Å²) in [7, 11) is 1.51. The molecular formula is C15H15N3O2. The normalized spacial score (nSPS) is 10.1. The molecule has 5 heteroatoms. The monoisotopic (exact) mass is 269 g/mol. The summed E-state index contributed by atoms with van der Waals surface area (Å²) < 4.78 is 0. The average Bonchev–Trinajstić information content (AvgIpc) is 2.47. The van der Waals surface area contributed by atoms with Crippen molar-refractivity contribution >= 4 is 11.8 Å². The van der Waals surface area contributed by atoms with E-state index in [1.54, 1.807) is 6.07 Å². The Bertz CT molecular complexity index is 639. The van der Waals surface area contributed by atoms with Crippen molar-refractivity contribution in [1.29, 1.82) is 0 Å². The van der Waals surface area contributed by atoms with Crippen LogP contribution in [-0.4, -0.2) is 23.8 Å². The van der Waals surface area contributed by atoms with Crippen LogP contribution < -0.4 is 11.1 Å². The van der Waals surface area contributed by atoms with Crippen molar-refractivity contribution in [1.82, 2.24) is 10.3 Å². The van der Waals surface area contributed by atoms with Crippen LogP contribution in [0.25, 0.3) is 0 Å². The highest BCUT2D eigenvalue weighted by Crippen LogP contribution is 2.11. The first-order valence-corrected chi connectivity index (χ1v) is 6.17. The van der Waals surface area contributed by atoms with E-state index in [0.717, 1.165) is 5.56 Å². The van der Waals surface area contributed by atoms with Crippen molar-refractivity contribution < 1.29 is 9.59 Å². The summed E-state index contributed by atoms with van der Waals surface area (Å²) in [5, 5.41) is 2.48. The van der Waals surface area contributed by atoms with E-state index in [1.807, 2.05) is 30.3 Å². The number of nitrogens with one attached hydrogen (secondary N) is 1. The number of nitrogens with two attached hydrogens (primary N) is 1. The summed E-state index contributed by atoms with van der Waals surface area (Å²) in [5.41, 5.74) is 7.44. The van der Waals surface area contributed by atoms with E-state index in [-0.39, 0.29) is 17.2 Å². The Morgan fingerprint density at radius 2 is 1.90 bits per heavy atom. The van der Waals surface area contributed by atoms with Gasteiger partial charge >= 0.3 is 0 Å². The van der Waals surface area contributed by atoms with Crippen LogP contribution in [0.15, 0.2) is 42.5 Å². The number of carbonyl (C=O) groups is 2. The molecule has 0 atom stereocenters. The van der Waals surface area contributed by atoms with Crippen LogP contribution in [0, 0.1) is 0 Å². The van der Waals surface area contributed by atoms with Crippen LogP contribution in [0.3, 0.4) is 0 Å². The van der Waals surface area contributed by atoms with Crippen molar-refractivity contribution in [3.05, 3.63) is 65.0 Å². The molecule has 2 amide bonds. The Kier molecular flexibility index (Phi) is 4.10. The van der Waals surface area contributed by atoms with Crippen LogP contribution in [0.5, 0.6) is 0 Å². The lowest BCUT2D eigenvalue weighted by atomic mass is 10.1. The van der Waals surface area contributed by atoms with Gasteiger partial charge in [0, 0.05) is 24.7 Å². The van der Waals surface area contributed by atoms with Crippen molar-refractivity contribution in [2.24, 2.45) is 5.73 Å². The van der Waals surface area contributed by atoms with E-state index in [0.29, 0.717) is 12.1 Å². The van der Waals surface area contributed by atoms with Gasteiger partial charge in [0.15, 0.2) is 0 Å². The number of aromatic nitrogens is 1. The Balaban J connectivity index is 2.39. The Hall–Kier alpha value is -2.69. The Morgan fingerprint density at radius 1 is 1.20 bits per heavy atom. The first-order chi connectivity index (χ1) is 9.60. The number of carbonyl (C=O) groups excluding carboxylic acids is 2. The molecule has 2 rings (SSSR count). The van der Waals surface area contributed by atoms with Gasteiger partial charge in [-0.3, -0.25) is 9.59 Å². The highest BCUT2D eigenvalue weighted by Gasteiger charge is 2.12. The summed E-state index contributed by atoms with van der Waals surface area (Å²) >= 11 is 0. The third kappa shape index (κ3) is 3.20. The zero-order chi connectivity index (χ0) is 14.5. The smallest absolute Gasteiger partial charge is 0.269 e. The first-order valence-electron chi connectivity index (χ1n) is 6.17. The minimum absolute atomic E-state index is 0.190. The highest BCUT2D eigenvalue weighted by molar-refractivity contribution is 5.97. The predicted molar refractivity (Wildman–Crippen MR) is 75.4 cm³/mol. The van der Waals surface area contributed by atoms with E-state index >= 15 is 0 Å². The van der Waals surface area contributed by atoms with Gasteiger partial charge in [0.1, 0.15) is 5.69 Å². The number of primary amides is 1. The molecule has 102 valence electrons. The number of nitrogens with zero attached hydrogens (tertiary/aromatic N) is 1. The summed E-state index contributed by atoms with van der Waals surface area (Å²) in [6.07, 6.45) is 0.534. The number of pyridine rings is 1. The lowest BCUT2D eigenvalue weighted by Gasteiger charge is -2.07. The Morgan fingerprint density at radius 3 is 2.50 bits per heavy atom. The molecule has 0 aliphatic carbocycles. The Labute approximate surface area is 116 Å². The van der Waals surface area contributed by atoms with Gasteiger partial charge in [0.25, 0.3) is 5.91 Å². The maximum atomic E-state index is 11.7. The van der Waals surface area contributed by atoms with Crippen LogP contribution in [0.4, 0.5) is 0 Å². The number of amides is 2. The molecule has 0 saturated carbocycles. The van der Waals surface area contributed by atoms with Crippen molar-refractivity contribution in [2.75, 3.05) is 7.05 Å². The predicted octanol–water partition coefficient (Wildman–Crippen LogP) is 1.13. The molecule has 0 bridgehead atoms. The first kappa shape index (κ1) is 13.7. The fourth-order valence-electron chi connectivity index (χ4n) is 1.87. The van der Waals surface area contributed by atoms with Crippen LogP contribution >= 0.6 is 0 Å². The fourth-order valence-corrected chi connectivity index (χ4v) is 1.87. The maximum Gasteiger partial charge on any atom is 0.269 e. The summed E-state index contributed by atoms with van der Waals surface area (Å²) in [5.74, 6) is -0.922. The molecule has 2 aromatic rings. The van der Waals surface area contributed by atoms with Gasteiger partial charge in [0.2, 0.25) is 5.91 Å². The van der Waals surface area contributed by atoms with Gasteiger partial charge in [-0.2, -0.15) is 0 Å². The molecule has 0 fully saturated rings. The van der Waals surface area contributed by atoms with Gasteiger partial charge in [-0.25, -0.2) is 4.98 Å². The zero-order valence-electron chi connectivity index (χ0n) is 11.1. The lowest BCUT2D eigenvalue weighted by molar-refractivity contribution is 0.0958. The molecule has 0 saturated heterocycles. The third-order valence-electron chi connectivity index (χ3n) is 2.85. The number of hydrogen-bond acceptors (Lipinski definition) is 3. The van der Waals surface area contributed by atoms with Crippen molar-refractivity contribution in [2.45, 2.75) is 6.42 Å². The standard InChI is InChI=1S/C15H15N3O2/c1-17-15(20)13-9-11(14(16)19)8-12(18-13)7-10-5-3-2-4-6-10/h2-6,8-9H,7H2,1H3,(H2,16,19)(H,17,20). The molecule has 1 aromatic carbocycles. The zero-order valence-corrected chi connectivity index (χ0v) is 11.1. The van der Waals surface area contributed by atoms with E-state index in [2.05, 4.69) is 10.3 Å². The number of benzene rings is 1. The lowest BCUT2D eigenvalue weighted by Crippen LogP contribution is -2.21. The molecule has 3 N–H and O–H groups in total. The minimum atomic E-state index is -0.577. The van der Waals surface area contributed by atoms with Gasteiger partial charge in [0.05, 0.1) is 0 Å². The molecule has 5 nitrogen and oxygen atoms in total. The van der Waals surface area contributed by atoms with Crippen LogP contribution in [0.1, 0.15) is 32.1 Å². The average molecular weight is 269 g/mol. The molecule has 0 aliphatic heterocycles.